The largest absolute Gasteiger partial charge is 0.508 e. The van der Waals surface area contributed by atoms with E-state index in [0.29, 0.717) is 12.0 Å². The number of phenols is 2. The second-order valence-corrected chi connectivity index (χ2v) is 11.3. The van der Waals surface area contributed by atoms with E-state index in [2.05, 4.69) is 13.8 Å². The average molecular weight is 605 g/mol. The average Bonchev–Trinajstić information content (AvgIpc) is 3.24. The monoisotopic (exact) mass is 604 g/mol. The number of aliphatic hydroxyl groups excluding tert-OH is 4. The number of aromatic hydroxyl groups is 2. The third-order valence-electron chi connectivity index (χ3n) is 7.72. The molecule has 0 amide bonds. The summed E-state index contributed by atoms with van der Waals surface area (Å²) >= 11 is 0. The number of benzene rings is 2. The van der Waals surface area contributed by atoms with Crippen LogP contribution in [0.25, 0.3) is 0 Å². The third kappa shape index (κ3) is 10.1. The van der Waals surface area contributed by atoms with Crippen LogP contribution in [0.2, 0.25) is 0 Å². The Bertz CT molecular complexity index is 1150. The van der Waals surface area contributed by atoms with E-state index in [-0.39, 0.29) is 28.6 Å². The minimum atomic E-state index is -1.61. The molecule has 43 heavy (non-hydrogen) atoms. The number of ether oxygens (including phenoxy) is 3. The van der Waals surface area contributed by atoms with Gasteiger partial charge in [-0.3, -0.25) is 0 Å². The lowest BCUT2D eigenvalue weighted by molar-refractivity contribution is -0.137. The van der Waals surface area contributed by atoms with Crippen molar-refractivity contribution in [2.24, 2.45) is 0 Å². The zero-order valence-corrected chi connectivity index (χ0v) is 25.3. The van der Waals surface area contributed by atoms with E-state index in [1.165, 1.54) is 24.6 Å². The Kier molecular flexibility index (Phi) is 14.0. The molecule has 2 aromatic rings. The zero-order chi connectivity index (χ0) is 31.4. The fourth-order valence-electron chi connectivity index (χ4n) is 5.35. The number of carbonyl (C=O) groups is 1. The van der Waals surface area contributed by atoms with E-state index in [9.17, 15) is 35.4 Å². The zero-order valence-electron chi connectivity index (χ0n) is 25.3. The molecule has 10 heteroatoms. The first-order valence-electron chi connectivity index (χ1n) is 15.6. The molecule has 240 valence electrons. The molecule has 5 atom stereocenters. The molecule has 0 aliphatic carbocycles. The van der Waals surface area contributed by atoms with E-state index >= 15 is 0 Å². The van der Waals surface area contributed by atoms with Crippen LogP contribution in [0.4, 0.5) is 0 Å². The van der Waals surface area contributed by atoms with Crippen LogP contribution in [-0.4, -0.2) is 73.9 Å². The molecule has 1 aliphatic heterocycles. The van der Waals surface area contributed by atoms with Gasteiger partial charge in [0.2, 0.25) is 6.29 Å². The molecule has 0 radical (unpaired) electrons. The summed E-state index contributed by atoms with van der Waals surface area (Å²) in [5.41, 5.74) is 1.31. The quantitative estimate of drug-likeness (QED) is 0.0809. The second kappa shape index (κ2) is 17.4. The highest BCUT2D eigenvalue weighted by atomic mass is 16.7. The number of hydrogen-bond acceptors (Lipinski definition) is 10. The van der Waals surface area contributed by atoms with Crippen LogP contribution in [0.3, 0.4) is 0 Å². The van der Waals surface area contributed by atoms with Crippen molar-refractivity contribution in [3.05, 3.63) is 47.0 Å². The van der Waals surface area contributed by atoms with Crippen LogP contribution in [0.15, 0.2) is 30.3 Å². The smallest absolute Gasteiger partial charge is 0.347 e. The molecule has 6 N–H and O–H groups in total. The molecule has 1 heterocycles. The lowest BCUT2D eigenvalue weighted by atomic mass is 9.99. The van der Waals surface area contributed by atoms with E-state index in [1.54, 1.807) is 12.1 Å². The van der Waals surface area contributed by atoms with E-state index in [0.717, 1.165) is 69.8 Å². The Hall–Kier alpha value is -2.89. The second-order valence-electron chi connectivity index (χ2n) is 11.3. The van der Waals surface area contributed by atoms with Crippen molar-refractivity contribution in [3.63, 3.8) is 0 Å². The molecule has 1 saturated heterocycles. The molecule has 0 aromatic heterocycles. The van der Waals surface area contributed by atoms with Crippen molar-refractivity contribution in [2.45, 2.75) is 122 Å². The Morgan fingerprint density at radius 3 is 2.12 bits per heavy atom. The Morgan fingerprint density at radius 1 is 0.837 bits per heavy atom. The Morgan fingerprint density at radius 2 is 1.47 bits per heavy atom. The summed E-state index contributed by atoms with van der Waals surface area (Å²) in [5, 5.41) is 61.0. The summed E-state index contributed by atoms with van der Waals surface area (Å²) in [7, 11) is 0. The number of aliphatic hydroxyl groups is 4. The van der Waals surface area contributed by atoms with Gasteiger partial charge in [0.25, 0.3) is 0 Å². The van der Waals surface area contributed by atoms with Crippen LogP contribution in [0.5, 0.6) is 23.0 Å². The van der Waals surface area contributed by atoms with E-state index in [4.69, 9.17) is 14.2 Å². The van der Waals surface area contributed by atoms with Gasteiger partial charge in [0, 0.05) is 12.1 Å². The fourth-order valence-corrected chi connectivity index (χ4v) is 5.35. The number of rotatable bonds is 18. The molecule has 0 bridgehead atoms. The lowest BCUT2D eigenvalue weighted by Crippen LogP contribution is -2.40. The summed E-state index contributed by atoms with van der Waals surface area (Å²) in [6.07, 6.45) is 3.97. The minimum Gasteiger partial charge on any atom is -0.508 e. The van der Waals surface area contributed by atoms with Gasteiger partial charge < -0.3 is 44.8 Å². The van der Waals surface area contributed by atoms with Crippen molar-refractivity contribution < 1.29 is 49.6 Å². The minimum absolute atomic E-state index is 0.00852. The highest BCUT2D eigenvalue weighted by Gasteiger charge is 2.47. The summed E-state index contributed by atoms with van der Waals surface area (Å²) in [6, 6.07) is 7.37. The van der Waals surface area contributed by atoms with Gasteiger partial charge in [-0.05, 0) is 55.0 Å². The van der Waals surface area contributed by atoms with Gasteiger partial charge in [-0.25, -0.2) is 4.79 Å². The number of carbonyl (C=O) groups excluding carboxylic acids is 1. The number of esters is 1. The number of hydrogen-bond donors (Lipinski definition) is 6. The lowest BCUT2D eigenvalue weighted by Gasteiger charge is -2.21. The van der Waals surface area contributed by atoms with Gasteiger partial charge in [-0.15, -0.1) is 0 Å². The van der Waals surface area contributed by atoms with Gasteiger partial charge >= 0.3 is 5.97 Å². The Balaban J connectivity index is 1.87. The first-order valence-corrected chi connectivity index (χ1v) is 15.6. The maximum atomic E-state index is 13.7. The molecule has 3 rings (SSSR count). The van der Waals surface area contributed by atoms with Gasteiger partial charge in [0.15, 0.2) is 0 Å². The molecule has 0 spiro atoms. The highest BCUT2D eigenvalue weighted by molar-refractivity contribution is 5.96. The Labute approximate surface area is 253 Å². The van der Waals surface area contributed by atoms with Crippen LogP contribution in [-0.2, 0) is 17.6 Å². The van der Waals surface area contributed by atoms with Crippen molar-refractivity contribution in [2.75, 3.05) is 6.61 Å². The van der Waals surface area contributed by atoms with E-state index < -0.39 is 43.3 Å². The molecular weight excluding hydrogens is 556 g/mol. The molecule has 2 aromatic carbocycles. The maximum absolute atomic E-state index is 13.7. The highest BCUT2D eigenvalue weighted by Crippen LogP contribution is 2.35. The number of unbranched alkanes of at least 4 members (excludes halogenated alkanes) is 8. The SMILES string of the molecule is CCCCCCCc1cc(O)cc(OC(=O)c2c(CCCCCCC)cc(O)cc2O[C@@H]2O[C@@H]([C@H](O)CO)[C@@H](O)[C@H]2O)c1. The van der Waals surface area contributed by atoms with Crippen LogP contribution in [0.1, 0.15) is 99.5 Å². The molecular formula is C33H48O10. The molecule has 0 unspecified atom stereocenters. The summed E-state index contributed by atoms with van der Waals surface area (Å²) < 4.78 is 17.1. The van der Waals surface area contributed by atoms with Gasteiger partial charge in [0.1, 0.15) is 53.0 Å². The van der Waals surface area contributed by atoms with Crippen molar-refractivity contribution in [3.8, 4) is 23.0 Å². The predicted octanol–water partition coefficient (Wildman–Crippen LogP) is 4.52. The normalized spacial score (nSPS) is 20.7. The fraction of sp³-hybridized carbons (Fsp3) is 0.606. The van der Waals surface area contributed by atoms with Crippen molar-refractivity contribution in [1.82, 2.24) is 0 Å². The molecule has 1 fully saturated rings. The van der Waals surface area contributed by atoms with Gasteiger partial charge in [-0.1, -0.05) is 65.2 Å². The maximum Gasteiger partial charge on any atom is 0.347 e. The van der Waals surface area contributed by atoms with Crippen LogP contribution < -0.4 is 9.47 Å². The molecule has 10 nitrogen and oxygen atoms in total. The van der Waals surface area contributed by atoms with Gasteiger partial charge in [-0.2, -0.15) is 0 Å². The topological polar surface area (TPSA) is 166 Å². The first kappa shape index (κ1) is 34.6. The van der Waals surface area contributed by atoms with E-state index in [1.807, 2.05) is 0 Å². The predicted molar refractivity (Wildman–Crippen MR) is 160 cm³/mol. The first-order chi connectivity index (χ1) is 20.7. The van der Waals surface area contributed by atoms with Gasteiger partial charge in [0.05, 0.1) is 6.61 Å². The molecule has 0 saturated carbocycles. The summed E-state index contributed by atoms with van der Waals surface area (Å²) in [5.74, 6) is -0.992. The van der Waals surface area contributed by atoms with Crippen LogP contribution in [0, 0.1) is 0 Å². The standard InChI is InChI=1S/C33H48O10/c1-3-5-7-9-11-13-21-15-23(35)18-25(16-21)41-32(40)28-22(14-12-10-8-6-4-2)17-24(36)19-27(28)42-33-30(39)29(38)31(43-33)26(37)20-34/h15-19,26,29-31,33-39H,3-14,20H2,1-2H3/t26-,29+,30-,31+,33-/m1/s1. The summed E-state index contributed by atoms with van der Waals surface area (Å²) in [6.45, 7) is 3.56. The van der Waals surface area contributed by atoms with Crippen molar-refractivity contribution in [1.29, 1.82) is 0 Å². The molecule has 1 aliphatic rings. The van der Waals surface area contributed by atoms with Crippen molar-refractivity contribution >= 4 is 5.97 Å². The van der Waals surface area contributed by atoms with Crippen LogP contribution >= 0.6 is 0 Å². The third-order valence-corrected chi connectivity index (χ3v) is 7.72. The number of phenolic OH excluding ortho intramolecular Hbond substituents is 2. The summed E-state index contributed by atoms with van der Waals surface area (Å²) in [4.78, 5) is 13.7. The number of aryl methyl sites for hydroxylation is 2.